The van der Waals surface area contributed by atoms with Crippen LogP contribution in [-0.4, -0.2) is 51.1 Å². The summed E-state index contributed by atoms with van der Waals surface area (Å²) in [6, 6.07) is -2.24. The number of phosphoric acid groups is 1. The lowest BCUT2D eigenvalue weighted by Crippen LogP contribution is -2.64. The van der Waals surface area contributed by atoms with Gasteiger partial charge in [-0.1, -0.05) is 0 Å². The van der Waals surface area contributed by atoms with Crippen LogP contribution in [0.15, 0.2) is 0 Å². The van der Waals surface area contributed by atoms with Gasteiger partial charge < -0.3 is 15.1 Å². The number of rotatable bonds is 3. The molecule has 3 amide bonds. The summed E-state index contributed by atoms with van der Waals surface area (Å²) in [5.41, 5.74) is 0. The average Bonchev–Trinajstić information content (AvgIpc) is 2.20. The van der Waals surface area contributed by atoms with Crippen molar-refractivity contribution in [2.75, 3.05) is 6.61 Å². The molecule has 2 unspecified atom stereocenters. The molecule has 0 radical (unpaired) electrons. The van der Waals surface area contributed by atoms with Gasteiger partial charge in [0.05, 0.1) is 6.61 Å². The minimum Gasteiger partial charge on any atom is -0.340 e. The van der Waals surface area contributed by atoms with E-state index >= 15 is 0 Å². The van der Waals surface area contributed by atoms with Gasteiger partial charge in [-0.25, -0.2) is 4.57 Å². The van der Waals surface area contributed by atoms with Gasteiger partial charge in [0.15, 0.2) is 0 Å². The molecule has 1 fully saturated rings. The summed E-state index contributed by atoms with van der Waals surface area (Å²) in [6.45, 7) is 1.79. The molecule has 102 valence electrons. The van der Waals surface area contributed by atoms with Crippen LogP contribution in [0, 0.1) is 0 Å². The van der Waals surface area contributed by atoms with Crippen LogP contribution in [0.3, 0.4) is 0 Å². The molecule has 9 nitrogen and oxygen atoms in total. The highest BCUT2D eigenvalue weighted by atomic mass is 31.2. The van der Waals surface area contributed by atoms with Gasteiger partial charge >= 0.3 is 7.82 Å². The number of nitrogens with one attached hydrogen (secondary N) is 1. The first-order chi connectivity index (χ1) is 8.13. The predicted molar refractivity (Wildman–Crippen MR) is 56.9 cm³/mol. The molecule has 0 spiro atoms. The fourth-order valence-corrected chi connectivity index (χ4v) is 1.89. The minimum absolute atomic E-state index is 0.593. The van der Waals surface area contributed by atoms with Crippen molar-refractivity contribution < 1.29 is 33.3 Å². The number of carbonyl (C=O) groups is 3. The molecule has 1 heterocycles. The van der Waals surface area contributed by atoms with Gasteiger partial charge in [0.1, 0.15) is 12.1 Å². The van der Waals surface area contributed by atoms with Crippen molar-refractivity contribution in [1.29, 1.82) is 0 Å². The van der Waals surface area contributed by atoms with Crippen molar-refractivity contribution >= 4 is 25.5 Å². The van der Waals surface area contributed by atoms with Gasteiger partial charge in [0.2, 0.25) is 11.8 Å². The fraction of sp³-hybridized carbons (Fsp3) is 0.625. The summed E-state index contributed by atoms with van der Waals surface area (Å²) < 4.78 is 14.7. The largest absolute Gasteiger partial charge is 0.469 e. The van der Waals surface area contributed by atoms with E-state index in [1.807, 2.05) is 0 Å². The highest BCUT2D eigenvalue weighted by Gasteiger charge is 2.41. The van der Waals surface area contributed by atoms with Crippen LogP contribution in [0.2, 0.25) is 0 Å². The molecular weight excluding hydrogens is 267 g/mol. The Morgan fingerprint density at radius 3 is 2.50 bits per heavy atom. The van der Waals surface area contributed by atoms with Gasteiger partial charge in [0, 0.05) is 6.92 Å². The Morgan fingerprint density at radius 2 is 2.06 bits per heavy atom. The number of nitrogens with zero attached hydrogens (tertiary/aromatic N) is 1. The zero-order chi connectivity index (χ0) is 14.1. The van der Waals surface area contributed by atoms with E-state index in [2.05, 4.69) is 9.84 Å². The molecule has 18 heavy (non-hydrogen) atoms. The number of hydrogen-bond acceptors (Lipinski definition) is 5. The maximum atomic E-state index is 11.8. The Morgan fingerprint density at radius 1 is 1.50 bits per heavy atom. The third-order valence-electron chi connectivity index (χ3n) is 2.37. The van der Waals surface area contributed by atoms with E-state index in [4.69, 9.17) is 9.79 Å². The summed E-state index contributed by atoms with van der Waals surface area (Å²) in [7, 11) is -4.74. The molecular formula is C8H13N2O7P. The smallest absolute Gasteiger partial charge is 0.340 e. The zero-order valence-electron chi connectivity index (χ0n) is 9.69. The lowest BCUT2D eigenvalue weighted by atomic mass is 10.1. The van der Waals surface area contributed by atoms with Crippen LogP contribution in [0.25, 0.3) is 0 Å². The maximum Gasteiger partial charge on any atom is 0.469 e. The second-order valence-electron chi connectivity index (χ2n) is 3.75. The molecule has 3 N–H and O–H groups in total. The Bertz CT molecular complexity index is 431. The lowest BCUT2D eigenvalue weighted by Gasteiger charge is -2.34. The molecule has 0 saturated carbocycles. The summed E-state index contributed by atoms with van der Waals surface area (Å²) >= 11 is 0. The SMILES string of the molecule is CC(=O)N1C(=O)C(COP(=O)(O)O)NC(=O)C1C. The number of phosphoric ester groups is 1. The molecule has 0 aromatic heterocycles. The van der Waals surface area contributed by atoms with E-state index in [0.717, 1.165) is 11.8 Å². The molecule has 1 saturated heterocycles. The summed E-state index contributed by atoms with van der Waals surface area (Å²) in [5, 5.41) is 2.22. The first-order valence-corrected chi connectivity index (χ1v) is 6.50. The van der Waals surface area contributed by atoms with E-state index in [-0.39, 0.29) is 0 Å². The molecule has 1 aliphatic rings. The molecule has 0 aliphatic carbocycles. The van der Waals surface area contributed by atoms with Gasteiger partial charge in [-0.2, -0.15) is 0 Å². The predicted octanol–water partition coefficient (Wildman–Crippen LogP) is -1.64. The first kappa shape index (κ1) is 14.8. The molecule has 0 aromatic rings. The molecule has 0 bridgehead atoms. The third kappa shape index (κ3) is 3.36. The number of amides is 3. The van der Waals surface area contributed by atoms with E-state index in [1.165, 1.54) is 6.92 Å². The van der Waals surface area contributed by atoms with Crippen molar-refractivity contribution in [3.05, 3.63) is 0 Å². The van der Waals surface area contributed by atoms with Gasteiger partial charge in [0.25, 0.3) is 5.91 Å². The quantitative estimate of drug-likeness (QED) is 0.528. The highest BCUT2D eigenvalue weighted by Crippen LogP contribution is 2.35. The van der Waals surface area contributed by atoms with Crippen molar-refractivity contribution in [1.82, 2.24) is 10.2 Å². The van der Waals surface area contributed by atoms with Gasteiger partial charge in [-0.15, -0.1) is 0 Å². The monoisotopic (exact) mass is 280 g/mol. The Kier molecular flexibility index (Phi) is 4.23. The lowest BCUT2D eigenvalue weighted by molar-refractivity contribution is -0.157. The zero-order valence-corrected chi connectivity index (χ0v) is 10.6. The first-order valence-electron chi connectivity index (χ1n) is 4.97. The van der Waals surface area contributed by atoms with Gasteiger partial charge in [-0.05, 0) is 6.92 Å². The van der Waals surface area contributed by atoms with Gasteiger partial charge in [-0.3, -0.25) is 23.8 Å². The summed E-state index contributed by atoms with van der Waals surface area (Å²) in [6.07, 6.45) is 0. The van der Waals surface area contributed by atoms with Crippen LogP contribution in [0.5, 0.6) is 0 Å². The van der Waals surface area contributed by atoms with Crippen LogP contribution < -0.4 is 5.32 Å². The Balaban J connectivity index is 2.82. The maximum absolute atomic E-state index is 11.8. The third-order valence-corrected chi connectivity index (χ3v) is 2.85. The number of hydrogen-bond donors (Lipinski definition) is 3. The Hall–Kier alpha value is -1.28. The van der Waals surface area contributed by atoms with E-state index in [1.54, 1.807) is 0 Å². The standard InChI is InChI=1S/C8H13N2O7P/c1-4-7(12)9-6(3-17-18(14,15)16)8(13)10(4)5(2)11/h4,6H,3H2,1-2H3,(H,9,12)(H2,14,15,16). The van der Waals surface area contributed by atoms with E-state index in [0.29, 0.717) is 0 Å². The minimum atomic E-state index is -4.74. The van der Waals surface area contributed by atoms with Crippen LogP contribution in [0.1, 0.15) is 13.8 Å². The molecule has 10 heteroatoms. The molecule has 1 aliphatic heterocycles. The van der Waals surface area contributed by atoms with Crippen molar-refractivity contribution in [3.63, 3.8) is 0 Å². The molecule has 2 atom stereocenters. The van der Waals surface area contributed by atoms with E-state index < -0.39 is 44.2 Å². The number of carbonyl (C=O) groups excluding carboxylic acids is 3. The number of imide groups is 1. The molecule has 1 rings (SSSR count). The van der Waals surface area contributed by atoms with Crippen LogP contribution in [-0.2, 0) is 23.5 Å². The number of piperazine rings is 1. The van der Waals surface area contributed by atoms with Crippen molar-refractivity contribution in [2.24, 2.45) is 0 Å². The van der Waals surface area contributed by atoms with Crippen molar-refractivity contribution in [2.45, 2.75) is 25.9 Å². The normalized spacial score (nSPS) is 25.0. The van der Waals surface area contributed by atoms with Crippen molar-refractivity contribution in [3.8, 4) is 0 Å². The second-order valence-corrected chi connectivity index (χ2v) is 4.99. The highest BCUT2D eigenvalue weighted by molar-refractivity contribution is 7.46. The molecule has 0 aromatic carbocycles. The Labute approximate surface area is 102 Å². The fourth-order valence-electron chi connectivity index (χ4n) is 1.54. The second kappa shape index (κ2) is 5.15. The topological polar surface area (TPSA) is 133 Å². The van der Waals surface area contributed by atoms with Crippen LogP contribution >= 0.6 is 7.82 Å². The summed E-state index contributed by atoms with van der Waals surface area (Å²) in [4.78, 5) is 52.3. The van der Waals surface area contributed by atoms with Crippen LogP contribution in [0.4, 0.5) is 0 Å². The summed E-state index contributed by atoms with van der Waals surface area (Å²) in [5.74, 6) is -1.98. The average molecular weight is 280 g/mol. The van der Waals surface area contributed by atoms with E-state index in [9.17, 15) is 18.9 Å².